The molecule has 0 aliphatic rings. The Labute approximate surface area is 149 Å². The molecule has 6 heteroatoms. The highest BCUT2D eigenvalue weighted by molar-refractivity contribution is 9.10. The predicted octanol–water partition coefficient (Wildman–Crippen LogP) is 3.71. The van der Waals surface area contributed by atoms with Gasteiger partial charge in [-0.25, -0.2) is 0 Å². The third-order valence-electron chi connectivity index (χ3n) is 3.07. The highest BCUT2D eigenvalue weighted by Crippen LogP contribution is 2.17. The third kappa shape index (κ3) is 6.42. The molecule has 0 aliphatic heterocycles. The number of nitrogens with one attached hydrogen (secondary N) is 1. The molecule has 0 bridgehead atoms. The maximum Gasteiger partial charge on any atom is 0.309 e. The molecule has 2 aromatic carbocycles. The zero-order chi connectivity index (χ0) is 17.4. The lowest BCUT2D eigenvalue weighted by Gasteiger charge is -2.08. The third-order valence-corrected chi connectivity index (χ3v) is 3.56. The van der Waals surface area contributed by atoms with Crippen LogP contribution in [0, 0.1) is 6.92 Å². The van der Waals surface area contributed by atoms with Crippen LogP contribution in [-0.4, -0.2) is 25.1 Å². The summed E-state index contributed by atoms with van der Waals surface area (Å²) < 4.78 is 11.3. The molecule has 0 aliphatic carbocycles. The second-order valence-corrected chi connectivity index (χ2v) is 6.05. The number of halogens is 1. The zero-order valence-corrected chi connectivity index (χ0v) is 14.8. The summed E-state index contributed by atoms with van der Waals surface area (Å²) in [6, 6.07) is 14.7. The van der Waals surface area contributed by atoms with Gasteiger partial charge in [0.2, 0.25) is 0 Å². The molecular formula is C18H18BrNO4. The van der Waals surface area contributed by atoms with E-state index in [1.54, 1.807) is 24.3 Å². The Hall–Kier alpha value is -2.34. The number of amides is 1. The van der Waals surface area contributed by atoms with Crippen LogP contribution >= 0.6 is 15.9 Å². The van der Waals surface area contributed by atoms with E-state index in [-0.39, 0.29) is 25.5 Å². The molecular weight excluding hydrogens is 374 g/mol. The van der Waals surface area contributed by atoms with Crippen molar-refractivity contribution in [2.75, 3.05) is 18.5 Å². The summed E-state index contributed by atoms with van der Waals surface area (Å²) in [6.07, 6.45) is 0.0737. The van der Waals surface area contributed by atoms with Gasteiger partial charge in [0.15, 0.2) is 6.61 Å². The minimum Gasteiger partial charge on any atom is -0.493 e. The van der Waals surface area contributed by atoms with E-state index >= 15 is 0 Å². The Morgan fingerprint density at radius 1 is 1.12 bits per heavy atom. The number of anilines is 1. The monoisotopic (exact) mass is 391 g/mol. The van der Waals surface area contributed by atoms with Crippen LogP contribution in [0.15, 0.2) is 53.0 Å². The van der Waals surface area contributed by atoms with Crippen molar-refractivity contribution in [2.45, 2.75) is 13.3 Å². The summed E-state index contributed by atoms with van der Waals surface area (Å²) in [5, 5.41) is 2.66. The number of carbonyl (C=O) groups excluding carboxylic acids is 2. The number of hydrogen-bond acceptors (Lipinski definition) is 4. The van der Waals surface area contributed by atoms with Gasteiger partial charge in [0.25, 0.3) is 5.91 Å². The van der Waals surface area contributed by atoms with Crippen molar-refractivity contribution in [2.24, 2.45) is 0 Å². The average molecular weight is 392 g/mol. The average Bonchev–Trinajstić information content (AvgIpc) is 2.55. The van der Waals surface area contributed by atoms with E-state index in [1.165, 1.54) is 0 Å². The van der Waals surface area contributed by atoms with Crippen LogP contribution in [-0.2, 0) is 14.3 Å². The van der Waals surface area contributed by atoms with Gasteiger partial charge in [0, 0.05) is 10.2 Å². The predicted molar refractivity (Wildman–Crippen MR) is 95.0 cm³/mol. The van der Waals surface area contributed by atoms with Crippen molar-refractivity contribution in [3.05, 3.63) is 58.6 Å². The second kappa shape index (κ2) is 9.08. The van der Waals surface area contributed by atoms with Gasteiger partial charge in [-0.3, -0.25) is 9.59 Å². The Kier molecular flexibility index (Phi) is 6.81. The summed E-state index contributed by atoms with van der Waals surface area (Å²) in [4.78, 5) is 23.3. The fourth-order valence-corrected chi connectivity index (χ4v) is 2.24. The molecule has 0 unspecified atom stereocenters. The number of rotatable bonds is 7. The van der Waals surface area contributed by atoms with E-state index < -0.39 is 5.97 Å². The summed E-state index contributed by atoms with van der Waals surface area (Å²) in [6.45, 7) is 1.84. The second-order valence-electron chi connectivity index (χ2n) is 5.13. The number of hydrogen-bond donors (Lipinski definition) is 1. The molecule has 0 atom stereocenters. The van der Waals surface area contributed by atoms with Gasteiger partial charge in [-0.2, -0.15) is 0 Å². The molecule has 0 spiro atoms. The van der Waals surface area contributed by atoms with Crippen molar-refractivity contribution in [3.63, 3.8) is 0 Å². The summed E-state index contributed by atoms with van der Waals surface area (Å²) in [5.74, 6) is -0.196. The lowest BCUT2D eigenvalue weighted by Crippen LogP contribution is -2.21. The largest absolute Gasteiger partial charge is 0.493 e. The molecule has 2 rings (SSSR count). The first-order valence-electron chi connectivity index (χ1n) is 7.43. The van der Waals surface area contributed by atoms with E-state index in [2.05, 4.69) is 21.2 Å². The molecule has 5 nitrogen and oxygen atoms in total. The molecule has 0 heterocycles. The van der Waals surface area contributed by atoms with Gasteiger partial charge in [-0.15, -0.1) is 0 Å². The highest BCUT2D eigenvalue weighted by atomic mass is 79.9. The van der Waals surface area contributed by atoms with Crippen LogP contribution in [0.1, 0.15) is 12.0 Å². The first-order valence-corrected chi connectivity index (χ1v) is 8.23. The number of esters is 1. The molecule has 24 heavy (non-hydrogen) atoms. The first-order chi connectivity index (χ1) is 11.5. The fourth-order valence-electron chi connectivity index (χ4n) is 1.86. The minimum atomic E-state index is -0.482. The van der Waals surface area contributed by atoms with E-state index in [1.807, 2.05) is 31.2 Å². The molecule has 0 radical (unpaired) electrons. The number of aryl methyl sites for hydroxylation is 1. The van der Waals surface area contributed by atoms with Gasteiger partial charge >= 0.3 is 5.97 Å². The highest BCUT2D eigenvalue weighted by Gasteiger charge is 2.08. The Bertz CT molecular complexity index is 700. The van der Waals surface area contributed by atoms with Crippen LogP contribution < -0.4 is 10.1 Å². The van der Waals surface area contributed by atoms with Crippen molar-refractivity contribution < 1.29 is 19.1 Å². The van der Waals surface area contributed by atoms with Crippen LogP contribution in [0.5, 0.6) is 5.75 Å². The normalized spacial score (nSPS) is 10.1. The smallest absolute Gasteiger partial charge is 0.309 e. The number of ether oxygens (including phenoxy) is 2. The van der Waals surface area contributed by atoms with E-state index in [4.69, 9.17) is 9.47 Å². The van der Waals surface area contributed by atoms with Gasteiger partial charge in [-0.1, -0.05) is 39.7 Å². The molecule has 0 aromatic heterocycles. The molecule has 2 aromatic rings. The van der Waals surface area contributed by atoms with Crippen LogP contribution in [0.2, 0.25) is 0 Å². The molecule has 0 fully saturated rings. The van der Waals surface area contributed by atoms with Crippen molar-refractivity contribution >= 4 is 33.5 Å². The zero-order valence-electron chi connectivity index (χ0n) is 13.3. The van der Waals surface area contributed by atoms with Crippen molar-refractivity contribution in [3.8, 4) is 5.75 Å². The number of benzene rings is 2. The van der Waals surface area contributed by atoms with E-state index in [0.29, 0.717) is 11.4 Å². The van der Waals surface area contributed by atoms with Crippen LogP contribution in [0.4, 0.5) is 5.69 Å². The molecule has 126 valence electrons. The molecule has 1 amide bonds. The van der Waals surface area contributed by atoms with Crippen LogP contribution in [0.25, 0.3) is 0 Å². The Balaban J connectivity index is 1.65. The quantitative estimate of drug-likeness (QED) is 0.730. The van der Waals surface area contributed by atoms with Gasteiger partial charge < -0.3 is 14.8 Å². The van der Waals surface area contributed by atoms with Gasteiger partial charge in [0.1, 0.15) is 5.75 Å². The standard InChI is InChI=1S/C18H18BrNO4/c1-13-5-7-15(8-6-13)20-17(21)12-24-18(22)9-10-23-16-4-2-3-14(19)11-16/h2-8,11H,9-10,12H2,1H3,(H,20,21). The van der Waals surface area contributed by atoms with Crippen LogP contribution in [0.3, 0.4) is 0 Å². The van der Waals surface area contributed by atoms with Gasteiger partial charge in [0.05, 0.1) is 13.0 Å². The Morgan fingerprint density at radius 2 is 1.88 bits per heavy atom. The summed E-state index contributed by atoms with van der Waals surface area (Å²) in [5.41, 5.74) is 1.77. The van der Waals surface area contributed by atoms with Crippen molar-refractivity contribution in [1.82, 2.24) is 0 Å². The van der Waals surface area contributed by atoms with E-state index in [0.717, 1.165) is 10.0 Å². The Morgan fingerprint density at radius 3 is 2.58 bits per heavy atom. The maximum absolute atomic E-state index is 11.7. The van der Waals surface area contributed by atoms with Crippen molar-refractivity contribution in [1.29, 1.82) is 0 Å². The minimum absolute atomic E-state index is 0.0737. The lowest BCUT2D eigenvalue weighted by atomic mass is 10.2. The lowest BCUT2D eigenvalue weighted by molar-refractivity contribution is -0.147. The van der Waals surface area contributed by atoms with E-state index in [9.17, 15) is 9.59 Å². The molecule has 0 saturated carbocycles. The van der Waals surface area contributed by atoms with Gasteiger partial charge in [-0.05, 0) is 37.3 Å². The fraction of sp³-hybridized carbons (Fsp3) is 0.222. The SMILES string of the molecule is Cc1ccc(NC(=O)COC(=O)CCOc2cccc(Br)c2)cc1. The maximum atomic E-state index is 11.7. The summed E-state index contributed by atoms with van der Waals surface area (Å²) >= 11 is 3.34. The number of carbonyl (C=O) groups is 2. The summed E-state index contributed by atoms with van der Waals surface area (Å²) in [7, 11) is 0. The first kappa shape index (κ1) is 18.0. The molecule has 0 saturated heterocycles. The molecule has 1 N–H and O–H groups in total. The topological polar surface area (TPSA) is 64.6 Å².